The lowest BCUT2D eigenvalue weighted by Gasteiger charge is -2.15. The quantitative estimate of drug-likeness (QED) is 0.771. The molecule has 0 atom stereocenters. The van der Waals surface area contributed by atoms with Crippen molar-refractivity contribution in [2.75, 3.05) is 13.7 Å². The molecule has 86 valence electrons. The van der Waals surface area contributed by atoms with Crippen molar-refractivity contribution in [3.8, 4) is 0 Å². The van der Waals surface area contributed by atoms with Gasteiger partial charge >= 0.3 is 5.97 Å². The van der Waals surface area contributed by atoms with Crippen LogP contribution in [0.1, 0.15) is 15.9 Å². The molecule has 16 heavy (non-hydrogen) atoms. The van der Waals surface area contributed by atoms with E-state index in [9.17, 15) is 9.59 Å². The van der Waals surface area contributed by atoms with Crippen molar-refractivity contribution in [2.24, 2.45) is 0 Å². The molecule has 0 aliphatic heterocycles. The second-order valence-electron chi connectivity index (χ2n) is 3.41. The Kier molecular flexibility index (Phi) is 4.02. The van der Waals surface area contributed by atoms with Gasteiger partial charge in [0.1, 0.15) is 6.61 Å². The van der Waals surface area contributed by atoms with Gasteiger partial charge in [0.15, 0.2) is 0 Å². The van der Waals surface area contributed by atoms with Crippen LogP contribution in [0.5, 0.6) is 0 Å². The van der Waals surface area contributed by atoms with E-state index >= 15 is 0 Å². The van der Waals surface area contributed by atoms with Gasteiger partial charge in [-0.25, -0.2) is 4.79 Å². The Labute approximate surface area is 92.9 Å². The second kappa shape index (κ2) is 5.27. The number of amides is 1. The molecule has 0 radical (unpaired) electrons. The first-order valence-corrected chi connectivity index (χ1v) is 4.71. The smallest absolute Gasteiger partial charge is 0.335 e. The highest BCUT2D eigenvalue weighted by Crippen LogP contribution is 2.06. The Balaban J connectivity index is 2.68. The molecule has 0 bridgehead atoms. The normalized spacial score (nSPS) is 9.88. The van der Waals surface area contributed by atoms with E-state index in [1.807, 2.05) is 0 Å². The molecule has 0 heterocycles. The highest BCUT2D eigenvalue weighted by Gasteiger charge is 2.08. The molecule has 0 aliphatic rings. The lowest BCUT2D eigenvalue weighted by Crippen LogP contribution is -2.28. The summed E-state index contributed by atoms with van der Waals surface area (Å²) in [6.45, 7) is -0.178. The Bertz CT molecular complexity index is 385. The fraction of sp³-hybridized carbons (Fsp3) is 0.273. The zero-order valence-electron chi connectivity index (χ0n) is 8.88. The van der Waals surface area contributed by atoms with Crippen LogP contribution in [-0.2, 0) is 11.3 Å². The van der Waals surface area contributed by atoms with Crippen LogP contribution in [0.3, 0.4) is 0 Å². The molecular weight excluding hydrogens is 210 g/mol. The standard InChI is InChI=1S/C11H13NO4/c1-12(10(14)7-13)6-8-2-4-9(5-3-8)11(15)16/h2-5,13H,6-7H2,1H3,(H,15,16). The topological polar surface area (TPSA) is 77.8 Å². The molecule has 2 N–H and O–H groups in total. The van der Waals surface area contributed by atoms with Crippen LogP contribution in [0.4, 0.5) is 0 Å². The van der Waals surface area contributed by atoms with E-state index < -0.39 is 12.6 Å². The highest BCUT2D eigenvalue weighted by molar-refractivity contribution is 5.87. The van der Waals surface area contributed by atoms with Crippen LogP contribution >= 0.6 is 0 Å². The van der Waals surface area contributed by atoms with Gasteiger partial charge < -0.3 is 15.1 Å². The van der Waals surface area contributed by atoms with Crippen molar-refractivity contribution >= 4 is 11.9 Å². The average Bonchev–Trinajstić information content (AvgIpc) is 2.28. The monoisotopic (exact) mass is 223 g/mol. The van der Waals surface area contributed by atoms with Gasteiger partial charge in [-0.15, -0.1) is 0 Å². The summed E-state index contributed by atoms with van der Waals surface area (Å²) in [6.07, 6.45) is 0. The van der Waals surface area contributed by atoms with Gasteiger partial charge in [0.05, 0.1) is 5.56 Å². The molecule has 0 fully saturated rings. The van der Waals surface area contributed by atoms with Crippen molar-refractivity contribution in [3.05, 3.63) is 35.4 Å². The maximum Gasteiger partial charge on any atom is 0.335 e. The maximum absolute atomic E-state index is 11.1. The predicted molar refractivity (Wildman–Crippen MR) is 57.0 cm³/mol. The number of rotatable bonds is 4. The van der Waals surface area contributed by atoms with E-state index in [2.05, 4.69) is 0 Å². The summed E-state index contributed by atoms with van der Waals surface area (Å²) in [4.78, 5) is 23.0. The van der Waals surface area contributed by atoms with Gasteiger partial charge in [-0.05, 0) is 17.7 Å². The van der Waals surface area contributed by atoms with Crippen LogP contribution in [0.15, 0.2) is 24.3 Å². The van der Waals surface area contributed by atoms with E-state index in [-0.39, 0.29) is 11.5 Å². The molecule has 0 aliphatic carbocycles. The molecule has 0 unspecified atom stereocenters. The summed E-state index contributed by atoms with van der Waals surface area (Å²) in [5.41, 5.74) is 1.02. The van der Waals surface area contributed by atoms with Gasteiger partial charge in [-0.1, -0.05) is 12.1 Å². The van der Waals surface area contributed by atoms with Crippen LogP contribution in [0.25, 0.3) is 0 Å². The molecule has 1 aromatic rings. The molecule has 1 rings (SSSR count). The molecule has 1 amide bonds. The fourth-order valence-corrected chi connectivity index (χ4v) is 1.24. The van der Waals surface area contributed by atoms with Crippen LogP contribution < -0.4 is 0 Å². The van der Waals surface area contributed by atoms with E-state index in [4.69, 9.17) is 10.2 Å². The average molecular weight is 223 g/mol. The molecule has 0 saturated carbocycles. The Morgan fingerprint density at radius 1 is 1.25 bits per heavy atom. The molecule has 5 heteroatoms. The highest BCUT2D eigenvalue weighted by atomic mass is 16.4. The number of likely N-dealkylation sites (N-methyl/N-ethyl adjacent to an activating group) is 1. The zero-order valence-corrected chi connectivity index (χ0v) is 8.88. The predicted octanol–water partition coefficient (Wildman–Crippen LogP) is 0.335. The lowest BCUT2D eigenvalue weighted by atomic mass is 10.1. The lowest BCUT2D eigenvalue weighted by molar-refractivity contribution is -0.133. The summed E-state index contributed by atoms with van der Waals surface area (Å²) >= 11 is 0. The minimum atomic E-state index is -0.980. The van der Waals surface area contributed by atoms with Gasteiger partial charge in [0.25, 0.3) is 0 Å². The van der Waals surface area contributed by atoms with E-state index in [1.54, 1.807) is 19.2 Å². The number of benzene rings is 1. The SMILES string of the molecule is CN(Cc1ccc(C(=O)O)cc1)C(=O)CO. The largest absolute Gasteiger partial charge is 0.478 e. The Hall–Kier alpha value is -1.88. The number of carbonyl (C=O) groups excluding carboxylic acids is 1. The molecule has 0 spiro atoms. The van der Waals surface area contributed by atoms with Gasteiger partial charge in [0.2, 0.25) is 5.91 Å². The number of carboxylic acids is 1. The number of aromatic carboxylic acids is 1. The summed E-state index contributed by atoms with van der Waals surface area (Å²) in [6, 6.07) is 6.25. The number of hydrogen-bond acceptors (Lipinski definition) is 3. The molecular formula is C11H13NO4. The summed E-state index contributed by atoms with van der Waals surface area (Å²) in [7, 11) is 1.57. The molecule has 1 aromatic carbocycles. The van der Waals surface area contributed by atoms with Gasteiger partial charge in [0, 0.05) is 13.6 Å². The minimum Gasteiger partial charge on any atom is -0.478 e. The minimum absolute atomic E-state index is 0.208. The number of aliphatic hydroxyl groups is 1. The number of carbonyl (C=O) groups is 2. The van der Waals surface area contributed by atoms with Crippen LogP contribution in [-0.4, -0.2) is 40.6 Å². The van der Waals surface area contributed by atoms with Crippen molar-refractivity contribution in [1.29, 1.82) is 0 Å². The zero-order chi connectivity index (χ0) is 12.1. The Morgan fingerprint density at radius 2 is 1.81 bits per heavy atom. The van der Waals surface area contributed by atoms with Crippen molar-refractivity contribution in [1.82, 2.24) is 4.90 Å². The first kappa shape index (κ1) is 12.2. The molecule has 5 nitrogen and oxygen atoms in total. The number of hydrogen-bond donors (Lipinski definition) is 2. The maximum atomic E-state index is 11.1. The first-order valence-electron chi connectivity index (χ1n) is 4.71. The number of nitrogens with zero attached hydrogens (tertiary/aromatic N) is 1. The Morgan fingerprint density at radius 3 is 2.25 bits per heavy atom. The third-order valence-electron chi connectivity index (χ3n) is 2.18. The van der Waals surface area contributed by atoms with Crippen molar-refractivity contribution in [2.45, 2.75) is 6.54 Å². The number of carboxylic acid groups (broad SMARTS) is 1. The molecule has 0 aromatic heterocycles. The fourth-order valence-electron chi connectivity index (χ4n) is 1.24. The first-order chi connectivity index (χ1) is 7.54. The van der Waals surface area contributed by atoms with Gasteiger partial charge in [-0.3, -0.25) is 4.79 Å². The summed E-state index contributed by atoms with van der Waals surface area (Å²) < 4.78 is 0. The van der Waals surface area contributed by atoms with E-state index in [0.29, 0.717) is 6.54 Å². The third-order valence-corrected chi connectivity index (χ3v) is 2.18. The van der Waals surface area contributed by atoms with Crippen molar-refractivity contribution < 1.29 is 19.8 Å². The van der Waals surface area contributed by atoms with Crippen LogP contribution in [0, 0.1) is 0 Å². The van der Waals surface area contributed by atoms with E-state index in [1.165, 1.54) is 17.0 Å². The second-order valence-corrected chi connectivity index (χ2v) is 3.41. The number of aliphatic hydroxyl groups excluding tert-OH is 1. The van der Waals surface area contributed by atoms with Gasteiger partial charge in [-0.2, -0.15) is 0 Å². The summed E-state index contributed by atoms with van der Waals surface area (Å²) in [5, 5.41) is 17.3. The third kappa shape index (κ3) is 3.06. The molecule has 0 saturated heterocycles. The van der Waals surface area contributed by atoms with Crippen LogP contribution in [0.2, 0.25) is 0 Å². The van der Waals surface area contributed by atoms with Crippen molar-refractivity contribution in [3.63, 3.8) is 0 Å². The van der Waals surface area contributed by atoms with E-state index in [0.717, 1.165) is 5.56 Å². The summed E-state index contributed by atoms with van der Waals surface area (Å²) in [5.74, 6) is -1.35.